The molecule has 4 heteroatoms. The summed E-state index contributed by atoms with van der Waals surface area (Å²) in [6, 6.07) is 4.25. The molecule has 0 radical (unpaired) electrons. The van der Waals surface area contributed by atoms with Crippen LogP contribution in [0.2, 0.25) is 0 Å². The van der Waals surface area contributed by atoms with Crippen LogP contribution in [-0.2, 0) is 13.1 Å². The molecule has 0 atom stereocenters. The van der Waals surface area contributed by atoms with E-state index in [0.717, 1.165) is 19.6 Å². The van der Waals surface area contributed by atoms with Gasteiger partial charge in [0.05, 0.1) is 18.6 Å². The van der Waals surface area contributed by atoms with Crippen LogP contribution in [0.1, 0.15) is 23.9 Å². The van der Waals surface area contributed by atoms with Gasteiger partial charge in [-0.2, -0.15) is 0 Å². The summed E-state index contributed by atoms with van der Waals surface area (Å²) in [7, 11) is 0. The SMILES string of the molecule is CCCNCc1cncn1Cc1cccs1. The second kappa shape index (κ2) is 5.82. The summed E-state index contributed by atoms with van der Waals surface area (Å²) in [5.41, 5.74) is 1.25. The number of nitrogens with one attached hydrogen (secondary N) is 1. The van der Waals surface area contributed by atoms with Crippen molar-refractivity contribution in [3.8, 4) is 0 Å². The van der Waals surface area contributed by atoms with Crippen molar-refractivity contribution in [1.82, 2.24) is 14.9 Å². The summed E-state index contributed by atoms with van der Waals surface area (Å²) in [4.78, 5) is 5.58. The van der Waals surface area contributed by atoms with Gasteiger partial charge in [-0.1, -0.05) is 13.0 Å². The van der Waals surface area contributed by atoms with E-state index in [1.807, 2.05) is 12.5 Å². The van der Waals surface area contributed by atoms with Crippen LogP contribution < -0.4 is 5.32 Å². The zero-order valence-electron chi connectivity index (χ0n) is 9.52. The van der Waals surface area contributed by atoms with Crippen LogP contribution >= 0.6 is 11.3 Å². The van der Waals surface area contributed by atoms with Crippen molar-refractivity contribution >= 4 is 11.3 Å². The monoisotopic (exact) mass is 235 g/mol. The normalized spacial score (nSPS) is 10.8. The van der Waals surface area contributed by atoms with Crippen LogP contribution in [0, 0.1) is 0 Å². The highest BCUT2D eigenvalue weighted by Crippen LogP contribution is 2.11. The van der Waals surface area contributed by atoms with Crippen LogP contribution in [-0.4, -0.2) is 16.1 Å². The van der Waals surface area contributed by atoms with Crippen LogP contribution in [0.4, 0.5) is 0 Å². The lowest BCUT2D eigenvalue weighted by atomic mass is 10.4. The molecule has 0 aliphatic carbocycles. The number of thiophene rings is 1. The maximum absolute atomic E-state index is 4.21. The van der Waals surface area contributed by atoms with Gasteiger partial charge in [-0.15, -0.1) is 11.3 Å². The molecule has 16 heavy (non-hydrogen) atoms. The highest BCUT2D eigenvalue weighted by Gasteiger charge is 2.02. The molecule has 0 saturated carbocycles. The molecule has 1 N–H and O–H groups in total. The highest BCUT2D eigenvalue weighted by atomic mass is 32.1. The highest BCUT2D eigenvalue weighted by molar-refractivity contribution is 7.09. The molecule has 0 spiro atoms. The Bertz CT molecular complexity index is 406. The minimum absolute atomic E-state index is 0.902. The summed E-state index contributed by atoms with van der Waals surface area (Å²) in [5, 5.41) is 5.51. The Hall–Kier alpha value is -1.13. The standard InChI is InChI=1S/C12H17N3S/c1-2-5-13-7-11-8-14-10-15(11)9-12-4-3-6-16-12/h3-4,6,8,10,13H,2,5,7,9H2,1H3. The first-order chi connectivity index (χ1) is 7.90. The van der Waals surface area contributed by atoms with Crippen LogP contribution in [0.15, 0.2) is 30.0 Å². The zero-order valence-corrected chi connectivity index (χ0v) is 10.3. The van der Waals surface area contributed by atoms with Crippen LogP contribution in [0.25, 0.3) is 0 Å². The maximum Gasteiger partial charge on any atom is 0.0952 e. The van der Waals surface area contributed by atoms with Crippen molar-refractivity contribution in [2.24, 2.45) is 0 Å². The first-order valence-corrected chi connectivity index (χ1v) is 6.50. The summed E-state index contributed by atoms with van der Waals surface area (Å²) in [5.74, 6) is 0. The zero-order chi connectivity index (χ0) is 11.2. The number of aromatic nitrogens is 2. The number of hydrogen-bond donors (Lipinski definition) is 1. The minimum atomic E-state index is 0.902. The van der Waals surface area contributed by atoms with Crippen molar-refractivity contribution < 1.29 is 0 Å². The molecule has 2 aromatic heterocycles. The molecule has 0 aromatic carbocycles. The molecule has 86 valence electrons. The van der Waals surface area contributed by atoms with Gasteiger partial charge in [0.1, 0.15) is 0 Å². The van der Waals surface area contributed by atoms with Gasteiger partial charge < -0.3 is 9.88 Å². The van der Waals surface area contributed by atoms with Gasteiger partial charge in [0.15, 0.2) is 0 Å². The van der Waals surface area contributed by atoms with Crippen LogP contribution in [0.5, 0.6) is 0 Å². The van der Waals surface area contributed by atoms with E-state index in [4.69, 9.17) is 0 Å². The third kappa shape index (κ3) is 2.93. The van der Waals surface area contributed by atoms with E-state index < -0.39 is 0 Å². The molecule has 0 aliphatic heterocycles. The summed E-state index contributed by atoms with van der Waals surface area (Å²) < 4.78 is 2.20. The summed E-state index contributed by atoms with van der Waals surface area (Å²) in [6.07, 6.45) is 5.01. The lowest BCUT2D eigenvalue weighted by Crippen LogP contribution is -2.16. The number of hydrogen-bond acceptors (Lipinski definition) is 3. The largest absolute Gasteiger partial charge is 0.328 e. The first-order valence-electron chi connectivity index (χ1n) is 5.62. The molecule has 0 saturated heterocycles. The third-order valence-corrected chi connectivity index (χ3v) is 3.30. The molecule has 2 rings (SSSR count). The second-order valence-electron chi connectivity index (χ2n) is 3.77. The predicted octanol–water partition coefficient (Wildman–Crippen LogP) is 2.49. The fourth-order valence-electron chi connectivity index (χ4n) is 1.60. The van der Waals surface area contributed by atoms with E-state index in [1.54, 1.807) is 11.3 Å². The Morgan fingerprint density at radius 2 is 2.44 bits per heavy atom. The van der Waals surface area contributed by atoms with E-state index in [9.17, 15) is 0 Å². The number of imidazole rings is 1. The molecular weight excluding hydrogens is 218 g/mol. The van der Waals surface area contributed by atoms with Gasteiger partial charge in [0.25, 0.3) is 0 Å². The predicted molar refractivity (Wildman–Crippen MR) is 67.6 cm³/mol. The molecule has 0 fully saturated rings. The smallest absolute Gasteiger partial charge is 0.0952 e. The molecule has 0 amide bonds. The maximum atomic E-state index is 4.21. The lowest BCUT2D eigenvalue weighted by Gasteiger charge is -2.07. The minimum Gasteiger partial charge on any atom is -0.328 e. The van der Waals surface area contributed by atoms with E-state index >= 15 is 0 Å². The Morgan fingerprint density at radius 1 is 1.50 bits per heavy atom. The topological polar surface area (TPSA) is 29.9 Å². The molecular formula is C12H17N3S. The molecule has 0 unspecified atom stereocenters. The fraction of sp³-hybridized carbons (Fsp3) is 0.417. The second-order valence-corrected chi connectivity index (χ2v) is 4.80. The molecule has 2 aromatic rings. The number of rotatable bonds is 6. The summed E-state index contributed by atoms with van der Waals surface area (Å²) >= 11 is 1.79. The van der Waals surface area contributed by atoms with Crippen molar-refractivity contribution in [2.75, 3.05) is 6.54 Å². The lowest BCUT2D eigenvalue weighted by molar-refractivity contribution is 0.632. The average Bonchev–Trinajstić information content (AvgIpc) is 2.92. The quantitative estimate of drug-likeness (QED) is 0.780. The Balaban J connectivity index is 1.96. The van der Waals surface area contributed by atoms with E-state index in [2.05, 4.69) is 39.3 Å². The summed E-state index contributed by atoms with van der Waals surface area (Å²) in [6.45, 7) is 5.07. The van der Waals surface area contributed by atoms with Gasteiger partial charge in [0, 0.05) is 17.6 Å². The fourth-order valence-corrected chi connectivity index (χ4v) is 2.30. The van der Waals surface area contributed by atoms with Gasteiger partial charge in [-0.25, -0.2) is 4.98 Å². The van der Waals surface area contributed by atoms with Gasteiger partial charge >= 0.3 is 0 Å². The van der Waals surface area contributed by atoms with Gasteiger partial charge in [-0.3, -0.25) is 0 Å². The van der Waals surface area contributed by atoms with Gasteiger partial charge in [0.2, 0.25) is 0 Å². The van der Waals surface area contributed by atoms with Crippen molar-refractivity contribution in [1.29, 1.82) is 0 Å². The van der Waals surface area contributed by atoms with Crippen LogP contribution in [0.3, 0.4) is 0 Å². The van der Waals surface area contributed by atoms with E-state index in [-0.39, 0.29) is 0 Å². The Morgan fingerprint density at radius 3 is 3.19 bits per heavy atom. The van der Waals surface area contributed by atoms with Gasteiger partial charge in [-0.05, 0) is 24.4 Å². The average molecular weight is 235 g/mol. The first kappa shape index (κ1) is 11.4. The van der Waals surface area contributed by atoms with Crippen molar-refractivity contribution in [2.45, 2.75) is 26.4 Å². The number of nitrogens with zero attached hydrogens (tertiary/aromatic N) is 2. The van der Waals surface area contributed by atoms with E-state index in [0.29, 0.717) is 0 Å². The molecule has 2 heterocycles. The van der Waals surface area contributed by atoms with Crippen molar-refractivity contribution in [3.05, 3.63) is 40.6 Å². The van der Waals surface area contributed by atoms with E-state index in [1.165, 1.54) is 17.0 Å². The van der Waals surface area contributed by atoms with Crippen molar-refractivity contribution in [3.63, 3.8) is 0 Å². The molecule has 3 nitrogen and oxygen atoms in total. The Labute approximate surface area is 100 Å². The Kier molecular flexibility index (Phi) is 4.13. The third-order valence-electron chi connectivity index (χ3n) is 2.44. The molecule has 0 bridgehead atoms. The molecule has 0 aliphatic rings.